The van der Waals surface area contributed by atoms with Crippen molar-refractivity contribution in [2.75, 3.05) is 13.2 Å². The van der Waals surface area contributed by atoms with Gasteiger partial charge >= 0.3 is 0 Å². The molecule has 1 aromatic heterocycles. The van der Waals surface area contributed by atoms with E-state index in [0.717, 1.165) is 11.4 Å². The lowest BCUT2D eigenvalue weighted by molar-refractivity contribution is 0.0945. The Hall–Kier alpha value is -3.34. The second kappa shape index (κ2) is 9.22. The Morgan fingerprint density at radius 1 is 0.846 bits per heavy atom. The number of rotatable bonds is 8. The summed E-state index contributed by atoms with van der Waals surface area (Å²) in [7, 11) is 0. The van der Waals surface area contributed by atoms with E-state index in [0.29, 0.717) is 31.1 Å². The molecule has 3 aromatic rings. The maximum Gasteiger partial charge on any atom is 0.255 e. The smallest absolute Gasteiger partial charge is 0.255 e. The maximum atomic E-state index is 12.4. The minimum absolute atomic E-state index is 0.199. The Labute approximate surface area is 152 Å². The molecule has 0 aliphatic heterocycles. The molecule has 0 aliphatic rings. The summed E-state index contributed by atoms with van der Waals surface area (Å²) in [5.74, 6) is 1.12. The van der Waals surface area contributed by atoms with Gasteiger partial charge in [-0.2, -0.15) is 0 Å². The molecule has 0 saturated carbocycles. The van der Waals surface area contributed by atoms with Crippen molar-refractivity contribution in [2.24, 2.45) is 0 Å². The van der Waals surface area contributed by atoms with E-state index in [-0.39, 0.29) is 5.91 Å². The number of benzene rings is 2. The van der Waals surface area contributed by atoms with Crippen LogP contribution in [0.15, 0.2) is 79.0 Å². The predicted molar refractivity (Wildman–Crippen MR) is 99.3 cm³/mol. The van der Waals surface area contributed by atoms with E-state index in [1.807, 2.05) is 60.7 Å². The molecule has 5 nitrogen and oxygen atoms in total. The van der Waals surface area contributed by atoms with Gasteiger partial charge in [-0.3, -0.25) is 9.78 Å². The van der Waals surface area contributed by atoms with Crippen molar-refractivity contribution in [1.82, 2.24) is 10.3 Å². The van der Waals surface area contributed by atoms with Crippen molar-refractivity contribution in [3.8, 4) is 11.5 Å². The number of nitrogens with one attached hydrogen (secondary N) is 1. The van der Waals surface area contributed by atoms with Crippen LogP contribution in [0.4, 0.5) is 0 Å². The number of hydrogen-bond donors (Lipinski definition) is 1. The first kappa shape index (κ1) is 17.5. The zero-order valence-corrected chi connectivity index (χ0v) is 14.3. The van der Waals surface area contributed by atoms with Gasteiger partial charge in [0.05, 0.1) is 17.8 Å². The molecule has 0 spiro atoms. The van der Waals surface area contributed by atoms with E-state index in [9.17, 15) is 4.79 Å². The van der Waals surface area contributed by atoms with Gasteiger partial charge in [0, 0.05) is 6.20 Å². The molecule has 0 radical (unpaired) electrons. The first-order chi connectivity index (χ1) is 12.8. The summed E-state index contributed by atoms with van der Waals surface area (Å²) in [6.45, 7) is 1.11. The van der Waals surface area contributed by atoms with Crippen LogP contribution in [-0.4, -0.2) is 24.1 Å². The Balaban J connectivity index is 1.52. The topological polar surface area (TPSA) is 60.5 Å². The summed E-state index contributed by atoms with van der Waals surface area (Å²) in [5, 5.41) is 2.86. The summed E-state index contributed by atoms with van der Waals surface area (Å²) in [6.07, 6.45) is 1.70. The number of para-hydroxylation sites is 2. The van der Waals surface area contributed by atoms with Crippen LogP contribution < -0.4 is 14.8 Å². The fraction of sp³-hybridized carbons (Fsp3) is 0.143. The van der Waals surface area contributed by atoms with E-state index in [1.54, 1.807) is 18.3 Å². The van der Waals surface area contributed by atoms with Crippen LogP contribution in [0.2, 0.25) is 0 Å². The minimum atomic E-state index is -0.199. The average molecular weight is 348 g/mol. The van der Waals surface area contributed by atoms with Crippen LogP contribution in [0, 0.1) is 0 Å². The monoisotopic (exact) mass is 348 g/mol. The van der Waals surface area contributed by atoms with Crippen molar-refractivity contribution in [2.45, 2.75) is 6.54 Å². The Kier molecular flexibility index (Phi) is 6.20. The first-order valence-corrected chi connectivity index (χ1v) is 8.41. The molecule has 0 atom stereocenters. The average Bonchev–Trinajstić information content (AvgIpc) is 2.71. The predicted octanol–water partition coefficient (Wildman–Crippen LogP) is 3.47. The third kappa shape index (κ3) is 5.08. The van der Waals surface area contributed by atoms with Gasteiger partial charge in [0.1, 0.15) is 24.7 Å². The molecule has 1 heterocycles. The van der Waals surface area contributed by atoms with E-state index in [1.165, 1.54) is 0 Å². The third-order valence-electron chi connectivity index (χ3n) is 3.64. The highest BCUT2D eigenvalue weighted by molar-refractivity contribution is 5.96. The van der Waals surface area contributed by atoms with Crippen LogP contribution >= 0.6 is 0 Å². The van der Waals surface area contributed by atoms with Gasteiger partial charge in [-0.25, -0.2) is 0 Å². The van der Waals surface area contributed by atoms with Gasteiger partial charge < -0.3 is 14.8 Å². The molecule has 1 amide bonds. The van der Waals surface area contributed by atoms with Gasteiger partial charge in [-0.15, -0.1) is 0 Å². The number of hydrogen-bond acceptors (Lipinski definition) is 4. The maximum absolute atomic E-state index is 12.4. The van der Waals surface area contributed by atoms with E-state index >= 15 is 0 Å². The molecule has 0 unspecified atom stereocenters. The number of carbonyl (C=O) groups is 1. The number of ether oxygens (including phenoxy) is 2. The molecule has 3 rings (SSSR count). The lowest BCUT2D eigenvalue weighted by Gasteiger charge is -2.12. The highest BCUT2D eigenvalue weighted by Gasteiger charge is 2.12. The quantitative estimate of drug-likeness (QED) is 0.633. The van der Waals surface area contributed by atoms with Crippen molar-refractivity contribution < 1.29 is 14.3 Å². The van der Waals surface area contributed by atoms with Crippen molar-refractivity contribution >= 4 is 5.91 Å². The van der Waals surface area contributed by atoms with Crippen LogP contribution in [-0.2, 0) is 6.54 Å². The summed E-state index contributed by atoms with van der Waals surface area (Å²) in [6, 6.07) is 22.3. The SMILES string of the molecule is O=C(NCc1ccccn1)c1ccccc1OCCOc1ccccc1. The Morgan fingerprint density at radius 3 is 2.38 bits per heavy atom. The number of amides is 1. The largest absolute Gasteiger partial charge is 0.490 e. The third-order valence-corrected chi connectivity index (χ3v) is 3.64. The minimum Gasteiger partial charge on any atom is -0.490 e. The second-order valence-electron chi connectivity index (χ2n) is 5.51. The van der Waals surface area contributed by atoms with Crippen molar-refractivity contribution in [3.05, 3.63) is 90.3 Å². The van der Waals surface area contributed by atoms with Crippen LogP contribution in [0.1, 0.15) is 16.1 Å². The first-order valence-electron chi connectivity index (χ1n) is 8.41. The molecule has 0 saturated heterocycles. The van der Waals surface area contributed by atoms with Crippen molar-refractivity contribution in [3.63, 3.8) is 0 Å². The normalized spacial score (nSPS) is 10.2. The zero-order valence-electron chi connectivity index (χ0n) is 14.3. The molecular formula is C21H20N2O3. The summed E-state index contributed by atoms with van der Waals surface area (Å²) >= 11 is 0. The lowest BCUT2D eigenvalue weighted by Crippen LogP contribution is -2.24. The molecule has 0 fully saturated rings. The Morgan fingerprint density at radius 2 is 1.58 bits per heavy atom. The fourth-order valence-electron chi connectivity index (χ4n) is 2.38. The summed E-state index contributed by atoms with van der Waals surface area (Å²) in [5.41, 5.74) is 1.29. The van der Waals surface area contributed by atoms with Gasteiger partial charge in [0.15, 0.2) is 0 Å². The lowest BCUT2D eigenvalue weighted by atomic mass is 10.2. The Bertz CT molecular complexity index is 823. The van der Waals surface area contributed by atoms with E-state index in [4.69, 9.17) is 9.47 Å². The number of pyridine rings is 1. The van der Waals surface area contributed by atoms with Crippen LogP contribution in [0.3, 0.4) is 0 Å². The van der Waals surface area contributed by atoms with E-state index < -0.39 is 0 Å². The van der Waals surface area contributed by atoms with E-state index in [2.05, 4.69) is 10.3 Å². The van der Waals surface area contributed by atoms with Crippen LogP contribution in [0.5, 0.6) is 11.5 Å². The molecule has 1 N–H and O–H groups in total. The standard InChI is InChI=1S/C21H20N2O3/c24-21(23-16-17-8-6-7-13-22-17)19-11-4-5-12-20(19)26-15-14-25-18-9-2-1-3-10-18/h1-13H,14-16H2,(H,23,24). The highest BCUT2D eigenvalue weighted by atomic mass is 16.5. The molecule has 2 aromatic carbocycles. The van der Waals surface area contributed by atoms with Crippen molar-refractivity contribution in [1.29, 1.82) is 0 Å². The van der Waals surface area contributed by atoms with Gasteiger partial charge in [-0.05, 0) is 36.4 Å². The molecule has 132 valence electrons. The summed E-state index contributed by atoms with van der Waals surface area (Å²) in [4.78, 5) is 16.6. The number of nitrogens with zero attached hydrogens (tertiary/aromatic N) is 1. The zero-order chi connectivity index (χ0) is 18.0. The van der Waals surface area contributed by atoms with Crippen LogP contribution in [0.25, 0.3) is 0 Å². The van der Waals surface area contributed by atoms with Gasteiger partial charge in [0.2, 0.25) is 0 Å². The summed E-state index contributed by atoms with van der Waals surface area (Å²) < 4.78 is 11.3. The number of aromatic nitrogens is 1. The highest BCUT2D eigenvalue weighted by Crippen LogP contribution is 2.18. The molecule has 5 heteroatoms. The molecule has 26 heavy (non-hydrogen) atoms. The van der Waals surface area contributed by atoms with Gasteiger partial charge in [-0.1, -0.05) is 36.4 Å². The molecular weight excluding hydrogens is 328 g/mol. The second-order valence-corrected chi connectivity index (χ2v) is 5.51. The molecule has 0 aliphatic carbocycles. The fourth-order valence-corrected chi connectivity index (χ4v) is 2.38. The number of carbonyl (C=O) groups excluding carboxylic acids is 1. The van der Waals surface area contributed by atoms with Gasteiger partial charge in [0.25, 0.3) is 5.91 Å². The molecule has 0 bridgehead atoms.